The molecule has 0 spiro atoms. The van der Waals surface area contributed by atoms with Gasteiger partial charge in [-0.05, 0) is 52.0 Å². The van der Waals surface area contributed by atoms with Crippen LogP contribution < -0.4 is 19.1 Å². The molecule has 0 aliphatic carbocycles. The smallest absolute Gasteiger partial charge is 0.308 e. The van der Waals surface area contributed by atoms with E-state index in [2.05, 4.69) is 4.72 Å². The van der Waals surface area contributed by atoms with Crippen LogP contribution in [0.3, 0.4) is 0 Å². The summed E-state index contributed by atoms with van der Waals surface area (Å²) in [6.07, 6.45) is 0.477. The Bertz CT molecular complexity index is 1310. The van der Waals surface area contributed by atoms with E-state index in [9.17, 15) is 13.2 Å². The van der Waals surface area contributed by atoms with Crippen LogP contribution in [0.1, 0.15) is 51.8 Å². The van der Waals surface area contributed by atoms with Crippen LogP contribution in [0, 0.1) is 0 Å². The van der Waals surface area contributed by atoms with Gasteiger partial charge in [-0.3, -0.25) is 9.36 Å². The maximum atomic E-state index is 13.3. The fourth-order valence-electron chi connectivity index (χ4n) is 3.99. The van der Waals surface area contributed by atoms with Gasteiger partial charge >= 0.3 is 4.87 Å². The van der Waals surface area contributed by atoms with E-state index in [1.54, 1.807) is 42.0 Å². The van der Waals surface area contributed by atoms with Crippen molar-refractivity contribution < 1.29 is 17.9 Å². The average molecular weight is 463 g/mol. The van der Waals surface area contributed by atoms with E-state index in [0.717, 1.165) is 22.4 Å². The number of methoxy groups -OCH3 is 1. The lowest BCUT2D eigenvalue weighted by atomic mass is 9.90. The summed E-state index contributed by atoms with van der Waals surface area (Å²) in [6, 6.07) is 9.76. The van der Waals surface area contributed by atoms with Gasteiger partial charge in [-0.2, -0.15) is 0 Å². The predicted molar refractivity (Wildman–Crippen MR) is 122 cm³/mol. The standard InChI is InChI=1S/C22H26N2O5S2/c1-13(2)24-18-9-7-15(11-20(18)30-21(24)25)31(26,27)23-17-12-22(3,4)29-19-10-14(28-5)6-8-16(17)19/h6-11,13,17,23H,12H2,1-5H3. The Hall–Kier alpha value is -2.36. The second-order valence-corrected chi connectivity index (χ2v) is 11.3. The second-order valence-electron chi connectivity index (χ2n) is 8.60. The number of aromatic nitrogens is 1. The molecule has 2 aromatic carbocycles. The van der Waals surface area contributed by atoms with E-state index < -0.39 is 21.7 Å². The van der Waals surface area contributed by atoms with Crippen molar-refractivity contribution in [2.45, 2.75) is 56.7 Å². The van der Waals surface area contributed by atoms with Gasteiger partial charge in [0.05, 0.1) is 28.3 Å². The highest BCUT2D eigenvalue weighted by Crippen LogP contribution is 2.42. The maximum Gasteiger partial charge on any atom is 0.308 e. The molecule has 1 N–H and O–H groups in total. The van der Waals surface area contributed by atoms with Gasteiger partial charge in [-0.1, -0.05) is 17.4 Å². The van der Waals surface area contributed by atoms with E-state index in [1.165, 1.54) is 0 Å². The van der Waals surface area contributed by atoms with Crippen LogP contribution in [-0.2, 0) is 10.0 Å². The molecule has 1 aromatic heterocycles. The summed E-state index contributed by atoms with van der Waals surface area (Å²) >= 11 is 1.06. The van der Waals surface area contributed by atoms with Crippen molar-refractivity contribution in [3.05, 3.63) is 51.6 Å². The molecule has 166 valence electrons. The van der Waals surface area contributed by atoms with Crippen LogP contribution in [0.25, 0.3) is 10.2 Å². The van der Waals surface area contributed by atoms with Crippen molar-refractivity contribution in [3.63, 3.8) is 0 Å². The van der Waals surface area contributed by atoms with Gasteiger partial charge < -0.3 is 9.47 Å². The van der Waals surface area contributed by atoms with Gasteiger partial charge in [0.15, 0.2) is 0 Å². The van der Waals surface area contributed by atoms with Crippen LogP contribution in [0.5, 0.6) is 11.5 Å². The lowest BCUT2D eigenvalue weighted by Gasteiger charge is -2.37. The zero-order chi connectivity index (χ0) is 22.6. The lowest BCUT2D eigenvalue weighted by molar-refractivity contribution is 0.0699. The predicted octanol–water partition coefficient (Wildman–Crippen LogP) is 4.23. The molecule has 9 heteroatoms. The van der Waals surface area contributed by atoms with E-state index in [-0.39, 0.29) is 15.8 Å². The summed E-state index contributed by atoms with van der Waals surface area (Å²) in [5.74, 6) is 1.25. The van der Waals surface area contributed by atoms with Crippen molar-refractivity contribution in [3.8, 4) is 11.5 Å². The van der Waals surface area contributed by atoms with Crippen molar-refractivity contribution in [2.24, 2.45) is 0 Å². The quantitative estimate of drug-likeness (QED) is 0.613. The summed E-state index contributed by atoms with van der Waals surface area (Å²) in [5.41, 5.74) is 0.957. The summed E-state index contributed by atoms with van der Waals surface area (Å²) in [7, 11) is -2.25. The number of benzene rings is 2. The summed E-state index contributed by atoms with van der Waals surface area (Å²) in [4.78, 5) is 12.4. The largest absolute Gasteiger partial charge is 0.497 e. The average Bonchev–Trinajstić information content (AvgIpc) is 3.01. The van der Waals surface area contributed by atoms with Gasteiger partial charge in [0.2, 0.25) is 10.0 Å². The molecule has 0 saturated heterocycles. The maximum absolute atomic E-state index is 13.3. The third-order valence-electron chi connectivity index (χ3n) is 5.39. The molecule has 2 heterocycles. The van der Waals surface area contributed by atoms with Gasteiger partial charge in [-0.25, -0.2) is 13.1 Å². The number of thiazole rings is 1. The van der Waals surface area contributed by atoms with Crippen molar-refractivity contribution in [2.75, 3.05) is 7.11 Å². The Kier molecular flexibility index (Phi) is 5.39. The third kappa shape index (κ3) is 4.09. The van der Waals surface area contributed by atoms with Gasteiger partial charge in [-0.15, -0.1) is 0 Å². The Balaban J connectivity index is 1.71. The van der Waals surface area contributed by atoms with Crippen molar-refractivity contribution in [1.82, 2.24) is 9.29 Å². The number of hydrogen-bond acceptors (Lipinski definition) is 6. The highest BCUT2D eigenvalue weighted by Gasteiger charge is 2.36. The molecule has 1 aliphatic heterocycles. The molecule has 0 bridgehead atoms. The van der Waals surface area contributed by atoms with E-state index in [4.69, 9.17) is 9.47 Å². The van der Waals surface area contributed by atoms with Crippen molar-refractivity contribution in [1.29, 1.82) is 0 Å². The number of nitrogens with one attached hydrogen (secondary N) is 1. The third-order valence-corrected chi connectivity index (χ3v) is 7.77. The number of hydrogen-bond donors (Lipinski definition) is 1. The minimum Gasteiger partial charge on any atom is -0.497 e. The second kappa shape index (κ2) is 7.65. The Morgan fingerprint density at radius 1 is 1.23 bits per heavy atom. The lowest BCUT2D eigenvalue weighted by Crippen LogP contribution is -2.41. The monoisotopic (exact) mass is 462 g/mol. The molecule has 4 rings (SSSR count). The first kappa shape index (κ1) is 21.9. The van der Waals surface area contributed by atoms with Gasteiger partial charge in [0.1, 0.15) is 17.1 Å². The highest BCUT2D eigenvalue weighted by molar-refractivity contribution is 7.89. The van der Waals surface area contributed by atoms with Gasteiger partial charge in [0.25, 0.3) is 0 Å². The van der Waals surface area contributed by atoms with Crippen LogP contribution in [0.4, 0.5) is 0 Å². The molecule has 3 aromatic rings. The van der Waals surface area contributed by atoms with E-state index in [0.29, 0.717) is 22.6 Å². The summed E-state index contributed by atoms with van der Waals surface area (Å²) in [5, 5.41) is 0. The SMILES string of the molecule is COc1ccc2c(c1)OC(C)(C)CC2NS(=O)(=O)c1ccc2c(c1)sc(=O)n2C(C)C. The molecular formula is C22H26N2O5S2. The first-order valence-electron chi connectivity index (χ1n) is 10.0. The summed E-state index contributed by atoms with van der Waals surface area (Å²) < 4.78 is 43.0. The fraction of sp³-hybridized carbons (Fsp3) is 0.409. The number of nitrogens with zero attached hydrogens (tertiary/aromatic N) is 1. The van der Waals surface area contributed by atoms with Crippen LogP contribution in [0.2, 0.25) is 0 Å². The molecule has 1 aliphatic rings. The minimum absolute atomic E-state index is 0.000189. The van der Waals surface area contributed by atoms with Crippen molar-refractivity contribution >= 4 is 31.6 Å². The minimum atomic E-state index is -3.83. The zero-order valence-electron chi connectivity index (χ0n) is 18.1. The van der Waals surface area contributed by atoms with Crippen LogP contribution >= 0.6 is 11.3 Å². The first-order chi connectivity index (χ1) is 14.5. The molecule has 0 fully saturated rings. The number of ether oxygens (including phenoxy) is 2. The molecule has 1 unspecified atom stereocenters. The van der Waals surface area contributed by atoms with Gasteiger partial charge in [0, 0.05) is 24.1 Å². The number of fused-ring (bicyclic) bond motifs is 2. The molecule has 0 radical (unpaired) electrons. The number of sulfonamides is 1. The molecule has 7 nitrogen and oxygen atoms in total. The molecule has 1 atom stereocenters. The summed E-state index contributed by atoms with van der Waals surface area (Å²) in [6.45, 7) is 7.71. The fourth-order valence-corrected chi connectivity index (χ4v) is 6.36. The Labute approximate surface area is 185 Å². The van der Waals surface area contributed by atoms with Crippen LogP contribution in [-0.4, -0.2) is 25.7 Å². The zero-order valence-corrected chi connectivity index (χ0v) is 19.8. The van der Waals surface area contributed by atoms with E-state index >= 15 is 0 Å². The molecular weight excluding hydrogens is 436 g/mol. The van der Waals surface area contributed by atoms with Crippen LogP contribution in [0.15, 0.2) is 46.1 Å². The molecule has 0 amide bonds. The first-order valence-corrected chi connectivity index (χ1v) is 12.3. The van der Waals surface area contributed by atoms with E-state index in [1.807, 2.05) is 33.8 Å². The topological polar surface area (TPSA) is 86.6 Å². The molecule has 31 heavy (non-hydrogen) atoms. The number of rotatable bonds is 5. The Morgan fingerprint density at radius 2 is 1.97 bits per heavy atom. The Morgan fingerprint density at radius 3 is 2.65 bits per heavy atom. The molecule has 0 saturated carbocycles. The highest BCUT2D eigenvalue weighted by atomic mass is 32.2. The normalized spacial score (nSPS) is 18.1.